The molecule has 0 saturated heterocycles. The summed E-state index contributed by atoms with van der Waals surface area (Å²) in [6.07, 6.45) is 0.0843. The van der Waals surface area contributed by atoms with E-state index in [0.29, 0.717) is 18.2 Å². The van der Waals surface area contributed by atoms with Gasteiger partial charge in [-0.25, -0.2) is 4.98 Å². The van der Waals surface area contributed by atoms with Crippen LogP contribution in [-0.4, -0.2) is 28.2 Å². The van der Waals surface area contributed by atoms with Crippen molar-refractivity contribution in [3.63, 3.8) is 0 Å². The Labute approximate surface area is 157 Å². The lowest BCUT2D eigenvalue weighted by Crippen LogP contribution is -2.34. The van der Waals surface area contributed by atoms with E-state index in [1.165, 1.54) is 0 Å². The Morgan fingerprint density at radius 1 is 1.04 bits per heavy atom. The highest BCUT2D eigenvalue weighted by Crippen LogP contribution is 2.23. The van der Waals surface area contributed by atoms with E-state index >= 15 is 0 Å². The van der Waals surface area contributed by atoms with Crippen molar-refractivity contribution in [2.45, 2.75) is 19.9 Å². The fourth-order valence-electron chi connectivity index (χ4n) is 2.75. The molecule has 0 aliphatic rings. The molecule has 0 aliphatic heterocycles. The number of benzene rings is 2. The van der Waals surface area contributed by atoms with E-state index in [-0.39, 0.29) is 24.6 Å². The summed E-state index contributed by atoms with van der Waals surface area (Å²) in [5, 5.41) is 0. The molecule has 2 N–H and O–H groups in total. The van der Waals surface area contributed by atoms with Gasteiger partial charge in [0.15, 0.2) is 5.69 Å². The summed E-state index contributed by atoms with van der Waals surface area (Å²) in [5.74, 6) is 0.0910. The average Bonchev–Trinajstić information content (AvgIpc) is 3.07. The van der Waals surface area contributed by atoms with Gasteiger partial charge in [0.2, 0.25) is 11.8 Å². The van der Waals surface area contributed by atoms with Crippen LogP contribution in [0.25, 0.3) is 11.5 Å². The van der Waals surface area contributed by atoms with Crippen molar-refractivity contribution in [3.05, 3.63) is 77.7 Å². The number of carbonyl (C=O) groups excluding carboxylic acids is 2. The zero-order valence-corrected chi connectivity index (χ0v) is 15.1. The van der Waals surface area contributed by atoms with Crippen molar-refractivity contribution in [2.75, 3.05) is 6.54 Å². The van der Waals surface area contributed by atoms with Crippen molar-refractivity contribution in [2.24, 2.45) is 5.73 Å². The molecule has 0 aliphatic carbocycles. The maximum Gasteiger partial charge on any atom is 0.276 e. The zero-order valence-electron chi connectivity index (χ0n) is 15.1. The van der Waals surface area contributed by atoms with Crippen molar-refractivity contribution in [1.82, 2.24) is 9.88 Å². The van der Waals surface area contributed by atoms with Gasteiger partial charge >= 0.3 is 0 Å². The number of nitrogens with two attached hydrogens (primary N) is 1. The fourth-order valence-corrected chi connectivity index (χ4v) is 2.75. The molecule has 6 nitrogen and oxygen atoms in total. The van der Waals surface area contributed by atoms with Crippen LogP contribution < -0.4 is 5.73 Å². The number of hydrogen-bond acceptors (Lipinski definition) is 4. The number of amides is 2. The third kappa shape index (κ3) is 4.61. The number of aromatic nitrogens is 1. The number of hydrogen-bond donors (Lipinski definition) is 1. The maximum atomic E-state index is 13.1. The minimum atomic E-state index is -0.456. The van der Waals surface area contributed by atoms with Crippen LogP contribution in [0.2, 0.25) is 0 Å². The molecular formula is C21H21N3O3. The Balaban J connectivity index is 1.86. The SMILES string of the molecule is Cc1oc(-c2ccccc2)nc1C(=O)N(CCC(N)=O)Cc1ccccc1. The minimum Gasteiger partial charge on any atom is -0.441 e. The monoisotopic (exact) mass is 363 g/mol. The van der Waals surface area contributed by atoms with Gasteiger partial charge in [0, 0.05) is 25.1 Å². The number of oxazole rings is 1. The fraction of sp³-hybridized carbons (Fsp3) is 0.190. The van der Waals surface area contributed by atoms with Crippen molar-refractivity contribution >= 4 is 11.8 Å². The van der Waals surface area contributed by atoms with Gasteiger partial charge in [-0.05, 0) is 24.6 Å². The van der Waals surface area contributed by atoms with Crippen molar-refractivity contribution in [1.29, 1.82) is 0 Å². The lowest BCUT2D eigenvalue weighted by Gasteiger charge is -2.21. The normalized spacial score (nSPS) is 10.6. The van der Waals surface area contributed by atoms with Gasteiger partial charge in [-0.2, -0.15) is 0 Å². The van der Waals surface area contributed by atoms with Gasteiger partial charge < -0.3 is 15.1 Å². The lowest BCUT2D eigenvalue weighted by atomic mass is 10.2. The van der Waals surface area contributed by atoms with Crippen molar-refractivity contribution in [3.8, 4) is 11.5 Å². The largest absolute Gasteiger partial charge is 0.441 e. The first-order valence-electron chi connectivity index (χ1n) is 8.69. The van der Waals surface area contributed by atoms with E-state index < -0.39 is 5.91 Å². The number of nitrogens with zero attached hydrogens (tertiary/aromatic N) is 2. The molecule has 0 atom stereocenters. The molecule has 0 unspecified atom stereocenters. The van der Waals surface area contributed by atoms with E-state index in [0.717, 1.165) is 11.1 Å². The lowest BCUT2D eigenvalue weighted by molar-refractivity contribution is -0.118. The number of rotatable bonds is 7. The molecule has 138 valence electrons. The Bertz CT molecular complexity index is 920. The maximum absolute atomic E-state index is 13.1. The van der Waals surface area contributed by atoms with Crippen molar-refractivity contribution < 1.29 is 14.0 Å². The Morgan fingerprint density at radius 2 is 1.67 bits per heavy atom. The average molecular weight is 363 g/mol. The molecule has 0 spiro atoms. The molecule has 2 aromatic carbocycles. The molecule has 2 amide bonds. The smallest absolute Gasteiger partial charge is 0.276 e. The molecule has 27 heavy (non-hydrogen) atoms. The summed E-state index contributed by atoms with van der Waals surface area (Å²) in [6, 6.07) is 19.0. The van der Waals surface area contributed by atoms with Crippen LogP contribution >= 0.6 is 0 Å². The zero-order chi connectivity index (χ0) is 19.2. The van der Waals surface area contributed by atoms with Gasteiger partial charge in [0.1, 0.15) is 5.76 Å². The highest BCUT2D eigenvalue weighted by atomic mass is 16.4. The quantitative estimate of drug-likeness (QED) is 0.698. The van der Waals surface area contributed by atoms with Crippen LogP contribution in [0.15, 0.2) is 65.1 Å². The number of primary amides is 1. The standard InChI is InChI=1S/C21H21N3O3/c1-15-19(23-20(27-15)17-10-6-3-7-11-17)21(26)24(13-12-18(22)25)14-16-8-4-2-5-9-16/h2-11H,12-14H2,1H3,(H2,22,25). The van der Waals surface area contributed by atoms with Gasteiger partial charge in [0.25, 0.3) is 5.91 Å². The molecule has 0 fully saturated rings. The number of aryl methyl sites for hydroxylation is 1. The predicted octanol–water partition coefficient (Wildman–Crippen LogP) is 3.17. The topological polar surface area (TPSA) is 89.4 Å². The summed E-state index contributed by atoms with van der Waals surface area (Å²) in [7, 11) is 0. The Hall–Kier alpha value is -3.41. The molecular weight excluding hydrogens is 342 g/mol. The summed E-state index contributed by atoms with van der Waals surface area (Å²) in [4.78, 5) is 30.3. The van der Waals surface area contributed by atoms with Gasteiger partial charge in [-0.3, -0.25) is 9.59 Å². The van der Waals surface area contributed by atoms with Crippen LogP contribution in [0.1, 0.15) is 28.2 Å². The molecule has 0 saturated carbocycles. The summed E-state index contributed by atoms with van der Waals surface area (Å²) in [6.45, 7) is 2.29. The first kappa shape index (κ1) is 18.4. The summed E-state index contributed by atoms with van der Waals surface area (Å²) >= 11 is 0. The third-order valence-corrected chi connectivity index (χ3v) is 4.15. The van der Waals surface area contributed by atoms with E-state index in [1.807, 2.05) is 60.7 Å². The molecule has 1 aromatic heterocycles. The molecule has 3 aromatic rings. The van der Waals surface area contributed by atoms with Gasteiger partial charge in [-0.1, -0.05) is 48.5 Å². The molecule has 0 bridgehead atoms. The molecule has 0 radical (unpaired) electrons. The van der Waals surface area contributed by atoms with Crippen LogP contribution in [0.4, 0.5) is 0 Å². The van der Waals surface area contributed by atoms with E-state index in [9.17, 15) is 9.59 Å². The van der Waals surface area contributed by atoms with Gasteiger partial charge in [0.05, 0.1) is 0 Å². The Kier molecular flexibility index (Phi) is 5.66. The molecule has 3 rings (SSSR count). The number of carbonyl (C=O) groups is 2. The predicted molar refractivity (Wildman–Crippen MR) is 102 cm³/mol. The van der Waals surface area contributed by atoms with E-state index in [1.54, 1.807) is 11.8 Å². The second-order valence-corrected chi connectivity index (χ2v) is 6.22. The summed E-state index contributed by atoms with van der Waals surface area (Å²) < 4.78 is 5.70. The van der Waals surface area contributed by atoms with Crippen LogP contribution in [0, 0.1) is 6.92 Å². The van der Waals surface area contributed by atoms with Gasteiger partial charge in [-0.15, -0.1) is 0 Å². The highest BCUT2D eigenvalue weighted by molar-refractivity contribution is 5.94. The first-order chi connectivity index (χ1) is 13.0. The molecule has 1 heterocycles. The van der Waals surface area contributed by atoms with Crippen LogP contribution in [-0.2, 0) is 11.3 Å². The third-order valence-electron chi connectivity index (χ3n) is 4.15. The second-order valence-electron chi connectivity index (χ2n) is 6.22. The van der Waals surface area contributed by atoms with E-state index in [4.69, 9.17) is 10.2 Å². The van der Waals surface area contributed by atoms with Crippen LogP contribution in [0.5, 0.6) is 0 Å². The molecule has 6 heteroatoms. The van der Waals surface area contributed by atoms with Crippen LogP contribution in [0.3, 0.4) is 0 Å². The first-order valence-corrected chi connectivity index (χ1v) is 8.69. The minimum absolute atomic E-state index is 0.0843. The second kappa shape index (κ2) is 8.31. The Morgan fingerprint density at radius 3 is 2.30 bits per heavy atom. The van der Waals surface area contributed by atoms with E-state index in [2.05, 4.69) is 4.98 Å². The highest BCUT2D eigenvalue weighted by Gasteiger charge is 2.24. The summed E-state index contributed by atoms with van der Waals surface area (Å²) in [5.41, 5.74) is 7.27.